The number of aliphatic hydroxyl groups is 1. The molecule has 0 aliphatic rings. The molecule has 0 saturated heterocycles. The number of oxime groups is 1. The summed E-state index contributed by atoms with van der Waals surface area (Å²) in [5, 5.41) is 19.3. The summed E-state index contributed by atoms with van der Waals surface area (Å²) in [5.41, 5.74) is 0.167. The third-order valence-corrected chi connectivity index (χ3v) is 4.43. The van der Waals surface area contributed by atoms with Gasteiger partial charge in [0, 0.05) is 0 Å². The lowest BCUT2D eigenvalue weighted by Gasteiger charge is -2.39. The molecule has 7 nitrogen and oxygen atoms in total. The fourth-order valence-electron chi connectivity index (χ4n) is 2.32. The predicted octanol–water partition coefficient (Wildman–Crippen LogP) is 3.06. The van der Waals surface area contributed by atoms with E-state index in [1.165, 1.54) is 6.33 Å². The first kappa shape index (κ1) is 20.6. The summed E-state index contributed by atoms with van der Waals surface area (Å²) in [6.07, 6.45) is 4.68. The summed E-state index contributed by atoms with van der Waals surface area (Å²) < 4.78 is 7.50. The van der Waals surface area contributed by atoms with Gasteiger partial charge >= 0.3 is 0 Å². The smallest absolute Gasteiger partial charge is 0.137 e. The molecule has 7 heteroatoms. The standard InChI is InChI=1S/C20H28N4O3/c1-6-11-27-23-16(2)17-7-9-18(10-8-17)26-13-20(25,19(3,4)5)12-24-15-21-14-22-24/h6-10,14-15,25H,1,11-13H2,2-5H3. The van der Waals surface area contributed by atoms with Crippen molar-refractivity contribution in [3.05, 3.63) is 55.1 Å². The van der Waals surface area contributed by atoms with Crippen LogP contribution in [0, 0.1) is 5.41 Å². The first-order valence-electron chi connectivity index (χ1n) is 8.81. The first-order valence-corrected chi connectivity index (χ1v) is 8.81. The van der Waals surface area contributed by atoms with E-state index in [0.29, 0.717) is 18.9 Å². The van der Waals surface area contributed by atoms with Crippen LogP contribution in [-0.4, -0.2) is 44.4 Å². The summed E-state index contributed by atoms with van der Waals surface area (Å²) in [7, 11) is 0. The summed E-state index contributed by atoms with van der Waals surface area (Å²) in [5.74, 6) is 0.667. The molecule has 0 fully saturated rings. The minimum absolute atomic E-state index is 0.130. The number of aromatic nitrogens is 3. The maximum absolute atomic E-state index is 11.2. The van der Waals surface area contributed by atoms with Gasteiger partial charge in [0.25, 0.3) is 0 Å². The lowest BCUT2D eigenvalue weighted by molar-refractivity contribution is -0.101. The Morgan fingerprint density at radius 1 is 1.30 bits per heavy atom. The van der Waals surface area contributed by atoms with E-state index in [9.17, 15) is 5.11 Å². The molecule has 0 aliphatic carbocycles. The van der Waals surface area contributed by atoms with E-state index in [1.54, 1.807) is 17.1 Å². The van der Waals surface area contributed by atoms with Crippen LogP contribution in [0.4, 0.5) is 0 Å². The Bertz CT molecular complexity index is 749. The number of hydrogen-bond donors (Lipinski definition) is 1. The highest BCUT2D eigenvalue weighted by Gasteiger charge is 2.41. The molecular weight excluding hydrogens is 344 g/mol. The van der Waals surface area contributed by atoms with Gasteiger partial charge < -0.3 is 14.7 Å². The predicted molar refractivity (Wildman–Crippen MR) is 105 cm³/mol. The Labute approximate surface area is 160 Å². The lowest BCUT2D eigenvalue weighted by atomic mass is 9.77. The van der Waals surface area contributed by atoms with E-state index >= 15 is 0 Å². The molecular formula is C20H28N4O3. The highest BCUT2D eigenvalue weighted by molar-refractivity contribution is 5.98. The van der Waals surface area contributed by atoms with Crippen LogP contribution in [0.5, 0.6) is 5.75 Å². The van der Waals surface area contributed by atoms with Crippen molar-refractivity contribution in [3.63, 3.8) is 0 Å². The number of benzene rings is 1. The van der Waals surface area contributed by atoms with Crippen molar-refractivity contribution in [2.75, 3.05) is 13.2 Å². The Balaban J connectivity index is 2.04. The molecule has 1 aromatic carbocycles. The van der Waals surface area contributed by atoms with Gasteiger partial charge in [-0.2, -0.15) is 5.10 Å². The van der Waals surface area contributed by atoms with Gasteiger partial charge in [-0.25, -0.2) is 9.67 Å². The molecule has 0 radical (unpaired) electrons. The Morgan fingerprint density at radius 2 is 2.00 bits per heavy atom. The van der Waals surface area contributed by atoms with E-state index in [1.807, 2.05) is 52.0 Å². The van der Waals surface area contributed by atoms with Crippen molar-refractivity contribution in [3.8, 4) is 5.75 Å². The second kappa shape index (κ2) is 8.81. The average molecular weight is 372 g/mol. The second-order valence-corrected chi connectivity index (χ2v) is 7.45. The van der Waals surface area contributed by atoms with Crippen LogP contribution in [0.2, 0.25) is 0 Å². The van der Waals surface area contributed by atoms with Crippen LogP contribution >= 0.6 is 0 Å². The molecule has 1 N–H and O–H groups in total. The number of nitrogens with zero attached hydrogens (tertiary/aromatic N) is 4. The molecule has 0 amide bonds. The van der Waals surface area contributed by atoms with E-state index < -0.39 is 11.0 Å². The molecule has 0 bridgehead atoms. The van der Waals surface area contributed by atoms with Crippen molar-refractivity contribution in [2.24, 2.45) is 10.6 Å². The largest absolute Gasteiger partial charge is 0.490 e. The van der Waals surface area contributed by atoms with Crippen molar-refractivity contribution >= 4 is 5.71 Å². The molecule has 1 unspecified atom stereocenters. The normalized spacial score (nSPS) is 14.5. The number of rotatable bonds is 9. The van der Waals surface area contributed by atoms with Crippen molar-refractivity contribution in [1.82, 2.24) is 14.8 Å². The van der Waals surface area contributed by atoms with Gasteiger partial charge in [-0.15, -0.1) is 0 Å². The molecule has 1 heterocycles. The Kier molecular flexibility index (Phi) is 6.74. The molecule has 27 heavy (non-hydrogen) atoms. The third kappa shape index (κ3) is 5.65. The van der Waals surface area contributed by atoms with Crippen molar-refractivity contribution in [2.45, 2.75) is 39.8 Å². The summed E-state index contributed by atoms with van der Waals surface area (Å²) in [6, 6.07) is 7.50. The van der Waals surface area contributed by atoms with Gasteiger partial charge in [0.15, 0.2) is 0 Å². The zero-order valence-corrected chi connectivity index (χ0v) is 16.4. The maximum Gasteiger partial charge on any atom is 0.137 e. The van der Waals surface area contributed by atoms with Crippen LogP contribution in [0.1, 0.15) is 33.3 Å². The molecule has 0 spiro atoms. The van der Waals surface area contributed by atoms with E-state index in [4.69, 9.17) is 9.57 Å². The maximum atomic E-state index is 11.2. The van der Waals surface area contributed by atoms with E-state index in [2.05, 4.69) is 21.8 Å². The fraction of sp³-hybridized carbons (Fsp3) is 0.450. The molecule has 146 valence electrons. The molecule has 1 atom stereocenters. The summed E-state index contributed by atoms with van der Waals surface area (Å²) in [6.45, 7) is 12.2. The zero-order chi connectivity index (χ0) is 19.9. The highest BCUT2D eigenvalue weighted by atomic mass is 16.6. The van der Waals surface area contributed by atoms with Gasteiger partial charge in [-0.05, 0) is 42.2 Å². The lowest BCUT2D eigenvalue weighted by Crippen LogP contribution is -2.51. The number of hydrogen-bond acceptors (Lipinski definition) is 6. The van der Waals surface area contributed by atoms with Gasteiger partial charge in [0.2, 0.25) is 0 Å². The third-order valence-electron chi connectivity index (χ3n) is 4.43. The van der Waals surface area contributed by atoms with E-state index in [-0.39, 0.29) is 6.61 Å². The van der Waals surface area contributed by atoms with Crippen molar-refractivity contribution in [1.29, 1.82) is 0 Å². The minimum atomic E-state index is -1.12. The number of ether oxygens (including phenoxy) is 1. The molecule has 1 aromatic heterocycles. The Morgan fingerprint density at radius 3 is 2.56 bits per heavy atom. The molecule has 2 aromatic rings. The summed E-state index contributed by atoms with van der Waals surface area (Å²) in [4.78, 5) is 9.03. The topological polar surface area (TPSA) is 81.8 Å². The zero-order valence-electron chi connectivity index (χ0n) is 16.4. The first-order chi connectivity index (χ1) is 12.7. The van der Waals surface area contributed by atoms with Crippen LogP contribution in [0.25, 0.3) is 0 Å². The average Bonchev–Trinajstić information content (AvgIpc) is 3.12. The van der Waals surface area contributed by atoms with Gasteiger partial charge in [0.05, 0.1) is 12.3 Å². The van der Waals surface area contributed by atoms with Gasteiger partial charge in [-0.3, -0.25) is 0 Å². The quantitative estimate of drug-likeness (QED) is 0.317. The van der Waals surface area contributed by atoms with E-state index in [0.717, 1.165) is 11.3 Å². The molecule has 2 rings (SSSR count). The summed E-state index contributed by atoms with van der Waals surface area (Å²) >= 11 is 0. The van der Waals surface area contributed by atoms with Gasteiger partial charge in [0.1, 0.15) is 37.2 Å². The van der Waals surface area contributed by atoms with Crippen LogP contribution in [0.3, 0.4) is 0 Å². The fourth-order valence-corrected chi connectivity index (χ4v) is 2.32. The minimum Gasteiger partial charge on any atom is -0.490 e. The van der Waals surface area contributed by atoms with Crippen molar-refractivity contribution < 1.29 is 14.7 Å². The molecule has 0 saturated carbocycles. The SMILES string of the molecule is C=CCON=C(C)c1ccc(OCC(O)(Cn2cncn2)C(C)(C)C)cc1. The second-order valence-electron chi connectivity index (χ2n) is 7.45. The monoisotopic (exact) mass is 372 g/mol. The van der Waals surface area contributed by atoms with Crippen LogP contribution in [-0.2, 0) is 11.4 Å². The van der Waals surface area contributed by atoms with Crippen LogP contribution in [0.15, 0.2) is 54.7 Å². The van der Waals surface area contributed by atoms with Gasteiger partial charge in [-0.1, -0.05) is 38.6 Å². The molecule has 0 aliphatic heterocycles. The highest BCUT2D eigenvalue weighted by Crippen LogP contribution is 2.32. The van der Waals surface area contributed by atoms with Crippen LogP contribution < -0.4 is 4.74 Å². The Hall–Kier alpha value is -2.67.